The second-order valence-corrected chi connectivity index (χ2v) is 5.45. The van der Waals surface area contributed by atoms with E-state index in [0.717, 1.165) is 19.4 Å². The van der Waals surface area contributed by atoms with Crippen LogP contribution >= 0.6 is 0 Å². The third kappa shape index (κ3) is 2.88. The SMILES string of the molecule is Cc1cccc(-c2cnc(N3CCCC(O)C3)nc2)c1F. The fourth-order valence-electron chi connectivity index (χ4n) is 2.63. The first-order chi connectivity index (χ1) is 10.1. The van der Waals surface area contributed by atoms with E-state index in [1.807, 2.05) is 11.0 Å². The first kappa shape index (κ1) is 13.9. The molecular formula is C16H18FN3O. The van der Waals surface area contributed by atoms with Gasteiger partial charge in [-0.1, -0.05) is 18.2 Å². The maximum Gasteiger partial charge on any atom is 0.225 e. The number of halogens is 1. The maximum atomic E-state index is 14.1. The average molecular weight is 287 g/mol. The second kappa shape index (κ2) is 5.77. The summed E-state index contributed by atoms with van der Waals surface area (Å²) in [5.74, 6) is 0.354. The summed E-state index contributed by atoms with van der Waals surface area (Å²) in [4.78, 5) is 10.6. The molecule has 2 aromatic rings. The standard InChI is InChI=1S/C16H18FN3O/c1-11-4-2-6-14(15(11)17)12-8-18-16(19-9-12)20-7-3-5-13(21)10-20/h2,4,6,8-9,13,21H,3,5,7,10H2,1H3. The maximum absolute atomic E-state index is 14.1. The van der Waals surface area contributed by atoms with Gasteiger partial charge in [0.2, 0.25) is 5.95 Å². The summed E-state index contributed by atoms with van der Waals surface area (Å²) < 4.78 is 14.1. The van der Waals surface area contributed by atoms with Gasteiger partial charge in [-0.2, -0.15) is 0 Å². The molecule has 0 aliphatic carbocycles. The molecule has 1 atom stereocenters. The normalized spacial score (nSPS) is 18.8. The Hall–Kier alpha value is -2.01. The Kier molecular flexibility index (Phi) is 3.84. The highest BCUT2D eigenvalue weighted by Crippen LogP contribution is 2.24. The van der Waals surface area contributed by atoms with Crippen molar-refractivity contribution in [3.63, 3.8) is 0 Å². The smallest absolute Gasteiger partial charge is 0.225 e. The van der Waals surface area contributed by atoms with E-state index >= 15 is 0 Å². The van der Waals surface area contributed by atoms with Gasteiger partial charge in [0.1, 0.15) is 5.82 Å². The van der Waals surface area contributed by atoms with Gasteiger partial charge in [0.25, 0.3) is 0 Å². The number of aliphatic hydroxyl groups excluding tert-OH is 1. The Morgan fingerprint density at radius 2 is 2.05 bits per heavy atom. The van der Waals surface area contributed by atoms with Crippen LogP contribution in [-0.2, 0) is 0 Å². The fraction of sp³-hybridized carbons (Fsp3) is 0.375. The van der Waals surface area contributed by atoms with Crippen LogP contribution in [0.25, 0.3) is 11.1 Å². The van der Waals surface area contributed by atoms with Gasteiger partial charge in [0.15, 0.2) is 0 Å². The van der Waals surface area contributed by atoms with Gasteiger partial charge in [-0.15, -0.1) is 0 Å². The van der Waals surface area contributed by atoms with Gasteiger partial charge in [0.05, 0.1) is 6.10 Å². The summed E-state index contributed by atoms with van der Waals surface area (Å²) in [7, 11) is 0. The molecule has 0 spiro atoms. The van der Waals surface area contributed by atoms with Crippen molar-refractivity contribution in [2.75, 3.05) is 18.0 Å². The van der Waals surface area contributed by atoms with E-state index < -0.39 is 0 Å². The molecule has 5 heteroatoms. The Balaban J connectivity index is 1.85. The summed E-state index contributed by atoms with van der Waals surface area (Å²) >= 11 is 0. The van der Waals surface area contributed by atoms with E-state index in [1.165, 1.54) is 0 Å². The lowest BCUT2D eigenvalue weighted by molar-refractivity contribution is 0.153. The number of aryl methyl sites for hydroxylation is 1. The highest BCUT2D eigenvalue weighted by Gasteiger charge is 2.19. The minimum atomic E-state index is -0.323. The van der Waals surface area contributed by atoms with Crippen molar-refractivity contribution in [1.29, 1.82) is 0 Å². The third-order valence-corrected chi connectivity index (χ3v) is 3.82. The molecule has 1 N–H and O–H groups in total. The zero-order valence-corrected chi connectivity index (χ0v) is 12.0. The number of anilines is 1. The van der Waals surface area contributed by atoms with Crippen LogP contribution in [0.2, 0.25) is 0 Å². The van der Waals surface area contributed by atoms with Crippen molar-refractivity contribution >= 4 is 5.95 Å². The van der Waals surface area contributed by atoms with Gasteiger partial charge < -0.3 is 10.0 Å². The largest absolute Gasteiger partial charge is 0.391 e. The van der Waals surface area contributed by atoms with Crippen LogP contribution in [0, 0.1) is 12.7 Å². The molecule has 0 saturated carbocycles. The van der Waals surface area contributed by atoms with E-state index in [9.17, 15) is 9.50 Å². The van der Waals surface area contributed by atoms with Gasteiger partial charge in [0, 0.05) is 36.6 Å². The minimum Gasteiger partial charge on any atom is -0.391 e. The molecule has 0 radical (unpaired) electrons. The minimum absolute atomic E-state index is 0.234. The average Bonchev–Trinajstić information content (AvgIpc) is 2.50. The fourth-order valence-corrected chi connectivity index (χ4v) is 2.63. The lowest BCUT2D eigenvalue weighted by Gasteiger charge is -2.29. The van der Waals surface area contributed by atoms with Crippen molar-refractivity contribution in [2.45, 2.75) is 25.9 Å². The number of β-amino-alcohol motifs (C(OH)–C–C–N with tert-alkyl or cyclic N) is 1. The molecule has 4 nitrogen and oxygen atoms in total. The number of aromatic nitrogens is 2. The van der Waals surface area contributed by atoms with Crippen LogP contribution in [0.1, 0.15) is 18.4 Å². The molecule has 110 valence electrons. The number of rotatable bonds is 2. The predicted octanol–water partition coefficient (Wildman–Crippen LogP) is 2.55. The monoisotopic (exact) mass is 287 g/mol. The number of hydrogen-bond acceptors (Lipinski definition) is 4. The number of piperidine rings is 1. The topological polar surface area (TPSA) is 49.2 Å². The summed E-state index contributed by atoms with van der Waals surface area (Å²) in [6.07, 6.45) is 4.71. The highest BCUT2D eigenvalue weighted by molar-refractivity contribution is 5.63. The van der Waals surface area contributed by atoms with Crippen LogP contribution < -0.4 is 4.90 Å². The molecule has 3 rings (SSSR count). The molecule has 0 amide bonds. The summed E-state index contributed by atoms with van der Waals surface area (Å²) in [5, 5.41) is 9.69. The quantitative estimate of drug-likeness (QED) is 0.922. The van der Waals surface area contributed by atoms with Crippen LogP contribution in [0.15, 0.2) is 30.6 Å². The van der Waals surface area contributed by atoms with Crippen molar-refractivity contribution in [2.24, 2.45) is 0 Å². The molecule has 1 aromatic carbocycles. The van der Waals surface area contributed by atoms with Gasteiger partial charge in [-0.05, 0) is 25.3 Å². The molecule has 0 bridgehead atoms. The molecule has 1 saturated heterocycles. The third-order valence-electron chi connectivity index (χ3n) is 3.82. The Morgan fingerprint density at radius 1 is 1.29 bits per heavy atom. The van der Waals surface area contributed by atoms with Crippen LogP contribution in [-0.4, -0.2) is 34.3 Å². The zero-order chi connectivity index (χ0) is 14.8. The molecule has 1 aromatic heterocycles. The Bertz CT molecular complexity index is 630. The lowest BCUT2D eigenvalue weighted by Crippen LogP contribution is -2.39. The molecule has 21 heavy (non-hydrogen) atoms. The summed E-state index contributed by atoms with van der Waals surface area (Å²) in [5.41, 5.74) is 1.79. The van der Waals surface area contributed by atoms with Crippen molar-refractivity contribution < 1.29 is 9.50 Å². The van der Waals surface area contributed by atoms with Crippen LogP contribution in [0.4, 0.5) is 10.3 Å². The second-order valence-electron chi connectivity index (χ2n) is 5.45. The van der Waals surface area contributed by atoms with E-state index in [1.54, 1.807) is 31.5 Å². The molecule has 1 fully saturated rings. The van der Waals surface area contributed by atoms with Crippen LogP contribution in [0.5, 0.6) is 0 Å². The molecule has 1 aliphatic rings. The Morgan fingerprint density at radius 3 is 2.76 bits per heavy atom. The van der Waals surface area contributed by atoms with Gasteiger partial charge in [-0.25, -0.2) is 14.4 Å². The number of nitrogens with zero attached hydrogens (tertiary/aromatic N) is 3. The van der Waals surface area contributed by atoms with E-state index in [-0.39, 0.29) is 11.9 Å². The van der Waals surface area contributed by atoms with Gasteiger partial charge in [-0.3, -0.25) is 0 Å². The summed E-state index contributed by atoms with van der Waals surface area (Å²) in [6.45, 7) is 3.14. The van der Waals surface area contributed by atoms with E-state index in [4.69, 9.17) is 0 Å². The van der Waals surface area contributed by atoms with Crippen molar-refractivity contribution in [1.82, 2.24) is 9.97 Å². The highest BCUT2D eigenvalue weighted by atomic mass is 19.1. The predicted molar refractivity (Wildman–Crippen MR) is 79.6 cm³/mol. The number of benzene rings is 1. The van der Waals surface area contributed by atoms with Crippen LogP contribution in [0.3, 0.4) is 0 Å². The van der Waals surface area contributed by atoms with Crippen molar-refractivity contribution in [3.8, 4) is 11.1 Å². The number of aliphatic hydroxyl groups is 1. The molecular weight excluding hydrogens is 269 g/mol. The lowest BCUT2D eigenvalue weighted by atomic mass is 10.1. The number of hydrogen-bond donors (Lipinski definition) is 1. The van der Waals surface area contributed by atoms with Gasteiger partial charge >= 0.3 is 0 Å². The molecule has 2 heterocycles. The first-order valence-electron chi connectivity index (χ1n) is 7.15. The van der Waals surface area contributed by atoms with E-state index in [0.29, 0.717) is 29.2 Å². The molecule has 1 aliphatic heterocycles. The molecule has 1 unspecified atom stereocenters. The zero-order valence-electron chi connectivity index (χ0n) is 12.0. The first-order valence-corrected chi connectivity index (χ1v) is 7.15. The Labute approximate surface area is 123 Å². The van der Waals surface area contributed by atoms with Crippen molar-refractivity contribution in [3.05, 3.63) is 42.0 Å². The van der Waals surface area contributed by atoms with E-state index in [2.05, 4.69) is 9.97 Å². The summed E-state index contributed by atoms with van der Waals surface area (Å²) in [6, 6.07) is 5.29.